The van der Waals surface area contributed by atoms with Crippen LogP contribution in [-0.2, 0) is 11.3 Å². The summed E-state index contributed by atoms with van der Waals surface area (Å²) in [5.74, 6) is 0.327. The molecule has 0 atom stereocenters. The summed E-state index contributed by atoms with van der Waals surface area (Å²) in [6.45, 7) is 0.567. The lowest BCUT2D eigenvalue weighted by atomic mass is 10.2. The van der Waals surface area contributed by atoms with E-state index in [0.717, 1.165) is 5.75 Å². The summed E-state index contributed by atoms with van der Waals surface area (Å²) in [7, 11) is 1.41. The fourth-order valence-corrected chi connectivity index (χ4v) is 1.89. The van der Waals surface area contributed by atoms with Crippen LogP contribution < -0.4 is 14.8 Å². The number of rotatable bonds is 7. The van der Waals surface area contributed by atoms with Crippen LogP contribution in [0.1, 0.15) is 12.0 Å². The van der Waals surface area contributed by atoms with Crippen molar-refractivity contribution in [1.82, 2.24) is 5.32 Å². The van der Waals surface area contributed by atoms with E-state index in [1.165, 1.54) is 19.2 Å². The molecule has 1 N–H and O–H groups in total. The van der Waals surface area contributed by atoms with E-state index in [1.807, 2.05) is 30.3 Å². The Kier molecular flexibility index (Phi) is 5.77. The summed E-state index contributed by atoms with van der Waals surface area (Å²) in [4.78, 5) is 11.7. The minimum Gasteiger partial charge on any atom is -0.494 e. The molecule has 0 saturated heterocycles. The van der Waals surface area contributed by atoms with Gasteiger partial charge in [0.1, 0.15) is 5.75 Å². The van der Waals surface area contributed by atoms with Crippen LogP contribution in [0.5, 0.6) is 11.5 Å². The molecule has 22 heavy (non-hydrogen) atoms. The summed E-state index contributed by atoms with van der Waals surface area (Å²) in [6, 6.07) is 13.9. The molecule has 0 heterocycles. The number of carbonyl (C=O) groups is 1. The predicted octanol–water partition coefficient (Wildman–Crippen LogP) is 2.92. The van der Waals surface area contributed by atoms with E-state index < -0.39 is 5.82 Å². The number of amides is 1. The van der Waals surface area contributed by atoms with E-state index in [-0.39, 0.29) is 24.6 Å². The van der Waals surface area contributed by atoms with E-state index in [2.05, 4.69) is 5.32 Å². The monoisotopic (exact) mass is 303 g/mol. The Morgan fingerprint density at radius 3 is 2.64 bits per heavy atom. The van der Waals surface area contributed by atoms with E-state index in [0.29, 0.717) is 12.2 Å². The molecule has 0 saturated carbocycles. The molecule has 0 aliphatic heterocycles. The summed E-state index contributed by atoms with van der Waals surface area (Å²) in [5, 5.41) is 2.72. The SMILES string of the molecule is COc1ccc(CNC(=O)CCOc2ccccc2)cc1F. The van der Waals surface area contributed by atoms with Crippen molar-refractivity contribution in [2.75, 3.05) is 13.7 Å². The van der Waals surface area contributed by atoms with Crippen molar-refractivity contribution in [1.29, 1.82) is 0 Å². The zero-order valence-corrected chi connectivity index (χ0v) is 12.3. The fraction of sp³-hybridized carbons (Fsp3) is 0.235. The highest BCUT2D eigenvalue weighted by atomic mass is 19.1. The van der Waals surface area contributed by atoms with Gasteiger partial charge in [0.25, 0.3) is 0 Å². The van der Waals surface area contributed by atoms with Crippen molar-refractivity contribution < 1.29 is 18.7 Å². The van der Waals surface area contributed by atoms with Gasteiger partial charge in [-0.05, 0) is 29.8 Å². The molecule has 0 spiro atoms. The molecule has 0 radical (unpaired) electrons. The smallest absolute Gasteiger partial charge is 0.223 e. The number of methoxy groups -OCH3 is 1. The third-order valence-corrected chi connectivity index (χ3v) is 3.05. The first-order valence-electron chi connectivity index (χ1n) is 6.96. The van der Waals surface area contributed by atoms with Crippen LogP contribution in [0.2, 0.25) is 0 Å². The van der Waals surface area contributed by atoms with Crippen LogP contribution >= 0.6 is 0 Å². The maximum absolute atomic E-state index is 13.5. The summed E-state index contributed by atoms with van der Waals surface area (Å²) in [6.07, 6.45) is 0.244. The Balaban J connectivity index is 1.72. The molecule has 5 heteroatoms. The van der Waals surface area contributed by atoms with Crippen LogP contribution in [-0.4, -0.2) is 19.6 Å². The Morgan fingerprint density at radius 1 is 1.18 bits per heavy atom. The first kappa shape index (κ1) is 15.8. The van der Waals surface area contributed by atoms with Gasteiger partial charge in [0.05, 0.1) is 20.1 Å². The van der Waals surface area contributed by atoms with Gasteiger partial charge >= 0.3 is 0 Å². The second-order valence-electron chi connectivity index (χ2n) is 4.66. The van der Waals surface area contributed by atoms with Crippen LogP contribution in [0.25, 0.3) is 0 Å². The molecule has 0 fully saturated rings. The average molecular weight is 303 g/mol. The second-order valence-corrected chi connectivity index (χ2v) is 4.66. The molecule has 2 rings (SSSR count). The Labute approximate surface area is 128 Å². The van der Waals surface area contributed by atoms with Gasteiger partial charge in [0.2, 0.25) is 5.91 Å². The number of para-hydroxylation sites is 1. The molecule has 116 valence electrons. The zero-order chi connectivity index (χ0) is 15.8. The molecule has 4 nitrogen and oxygen atoms in total. The van der Waals surface area contributed by atoms with E-state index in [1.54, 1.807) is 6.07 Å². The number of nitrogens with one attached hydrogen (secondary N) is 1. The van der Waals surface area contributed by atoms with E-state index in [4.69, 9.17) is 9.47 Å². The van der Waals surface area contributed by atoms with Gasteiger partial charge in [-0.15, -0.1) is 0 Å². The number of benzene rings is 2. The molecule has 0 aliphatic rings. The van der Waals surface area contributed by atoms with E-state index in [9.17, 15) is 9.18 Å². The van der Waals surface area contributed by atoms with Gasteiger partial charge in [-0.2, -0.15) is 0 Å². The predicted molar refractivity (Wildman–Crippen MR) is 81.4 cm³/mol. The molecule has 0 bridgehead atoms. The van der Waals surface area contributed by atoms with Crippen molar-refractivity contribution in [2.45, 2.75) is 13.0 Å². The maximum Gasteiger partial charge on any atom is 0.223 e. The average Bonchev–Trinajstić information content (AvgIpc) is 2.54. The summed E-state index contributed by atoms with van der Waals surface area (Å²) < 4.78 is 23.8. The number of hydrogen-bond donors (Lipinski definition) is 1. The lowest BCUT2D eigenvalue weighted by Gasteiger charge is -2.08. The van der Waals surface area contributed by atoms with Crippen molar-refractivity contribution in [2.24, 2.45) is 0 Å². The minimum absolute atomic E-state index is 0.146. The van der Waals surface area contributed by atoms with Crippen molar-refractivity contribution in [3.8, 4) is 11.5 Å². The highest BCUT2D eigenvalue weighted by Crippen LogP contribution is 2.17. The largest absolute Gasteiger partial charge is 0.494 e. The fourth-order valence-electron chi connectivity index (χ4n) is 1.89. The topological polar surface area (TPSA) is 47.6 Å². The Hall–Kier alpha value is -2.56. The maximum atomic E-state index is 13.5. The van der Waals surface area contributed by atoms with Crippen molar-refractivity contribution >= 4 is 5.91 Å². The number of hydrogen-bond acceptors (Lipinski definition) is 3. The molecule has 2 aromatic rings. The molecule has 2 aromatic carbocycles. The van der Waals surface area contributed by atoms with E-state index >= 15 is 0 Å². The van der Waals surface area contributed by atoms with Gasteiger partial charge in [-0.25, -0.2) is 4.39 Å². The van der Waals surface area contributed by atoms with Gasteiger partial charge in [0.15, 0.2) is 11.6 Å². The third kappa shape index (κ3) is 4.77. The lowest BCUT2D eigenvalue weighted by Crippen LogP contribution is -2.24. The minimum atomic E-state index is -0.443. The molecular formula is C17H18FNO3. The molecule has 0 aliphatic carbocycles. The number of ether oxygens (including phenoxy) is 2. The van der Waals surface area contributed by atoms with Gasteiger partial charge in [0, 0.05) is 6.54 Å². The van der Waals surface area contributed by atoms with Gasteiger partial charge < -0.3 is 14.8 Å². The highest BCUT2D eigenvalue weighted by molar-refractivity contribution is 5.76. The van der Waals surface area contributed by atoms with Crippen LogP contribution in [0.4, 0.5) is 4.39 Å². The zero-order valence-electron chi connectivity index (χ0n) is 12.3. The number of carbonyl (C=O) groups excluding carboxylic acids is 1. The summed E-state index contributed by atoms with van der Waals surface area (Å²) in [5.41, 5.74) is 0.677. The van der Waals surface area contributed by atoms with Gasteiger partial charge in [-0.3, -0.25) is 4.79 Å². The first-order chi connectivity index (χ1) is 10.7. The lowest BCUT2D eigenvalue weighted by molar-refractivity contribution is -0.121. The first-order valence-corrected chi connectivity index (χ1v) is 6.96. The summed E-state index contributed by atoms with van der Waals surface area (Å²) >= 11 is 0. The normalized spacial score (nSPS) is 10.1. The quantitative estimate of drug-likeness (QED) is 0.855. The van der Waals surface area contributed by atoms with Gasteiger partial charge in [-0.1, -0.05) is 24.3 Å². The molecule has 1 amide bonds. The Bertz CT molecular complexity index is 617. The highest BCUT2D eigenvalue weighted by Gasteiger charge is 2.05. The third-order valence-electron chi connectivity index (χ3n) is 3.05. The standard InChI is InChI=1S/C17H18FNO3/c1-21-16-8-7-13(11-15(16)18)12-19-17(20)9-10-22-14-5-3-2-4-6-14/h2-8,11H,9-10,12H2,1H3,(H,19,20). The molecule has 0 aromatic heterocycles. The van der Waals surface area contributed by atoms with Crippen molar-refractivity contribution in [3.63, 3.8) is 0 Å². The van der Waals surface area contributed by atoms with Crippen LogP contribution in [0.3, 0.4) is 0 Å². The van der Waals surface area contributed by atoms with Crippen molar-refractivity contribution in [3.05, 3.63) is 59.9 Å². The number of halogens is 1. The second kappa shape index (κ2) is 8.02. The molecular weight excluding hydrogens is 285 g/mol. The van der Waals surface area contributed by atoms with Crippen LogP contribution in [0.15, 0.2) is 48.5 Å². The Morgan fingerprint density at radius 2 is 1.95 bits per heavy atom. The molecule has 0 unspecified atom stereocenters. The van der Waals surface area contributed by atoms with Crippen LogP contribution in [0, 0.1) is 5.82 Å².